The molecule has 3 aromatic rings. The molecule has 4 nitrogen and oxygen atoms in total. The number of nitrogens with one attached hydrogen (secondary N) is 1. The Hall–Kier alpha value is -3.14. The molecule has 0 atom stereocenters. The molecular formula is C24H25N3O. The van der Waals surface area contributed by atoms with Crippen molar-refractivity contribution < 1.29 is 4.79 Å². The van der Waals surface area contributed by atoms with E-state index in [0.717, 1.165) is 28.1 Å². The van der Waals surface area contributed by atoms with Crippen LogP contribution in [0.25, 0.3) is 0 Å². The van der Waals surface area contributed by atoms with Crippen LogP contribution in [0.4, 0.5) is 11.4 Å². The Bertz CT molecular complexity index is 989. The summed E-state index contributed by atoms with van der Waals surface area (Å²) in [5.74, 6) is 0.0522. The second-order valence-corrected chi connectivity index (χ2v) is 8.24. The van der Waals surface area contributed by atoms with Crippen LogP contribution in [0, 0.1) is 0 Å². The highest BCUT2D eigenvalue weighted by molar-refractivity contribution is 6.13. The Morgan fingerprint density at radius 3 is 2.39 bits per heavy atom. The molecule has 142 valence electrons. The lowest BCUT2D eigenvalue weighted by atomic mass is 9.87. The molecule has 0 saturated carbocycles. The van der Waals surface area contributed by atoms with Gasteiger partial charge in [0.25, 0.3) is 5.91 Å². The van der Waals surface area contributed by atoms with E-state index in [4.69, 9.17) is 0 Å². The Kier molecular flexibility index (Phi) is 4.63. The number of benzene rings is 2. The van der Waals surface area contributed by atoms with Crippen LogP contribution in [0.3, 0.4) is 0 Å². The number of amides is 1. The summed E-state index contributed by atoms with van der Waals surface area (Å²) < 4.78 is 0. The minimum atomic E-state index is 0.0522. The molecule has 1 aromatic heterocycles. The van der Waals surface area contributed by atoms with E-state index in [0.29, 0.717) is 13.1 Å². The molecule has 28 heavy (non-hydrogen) atoms. The number of pyridine rings is 1. The molecule has 1 amide bonds. The molecule has 4 heteroatoms. The number of rotatable bonds is 4. The van der Waals surface area contributed by atoms with E-state index in [9.17, 15) is 4.79 Å². The average molecular weight is 371 g/mol. The topological polar surface area (TPSA) is 45.2 Å². The number of carbonyl (C=O) groups is 1. The van der Waals surface area contributed by atoms with Gasteiger partial charge in [0, 0.05) is 30.3 Å². The molecule has 0 saturated heterocycles. The van der Waals surface area contributed by atoms with Gasteiger partial charge >= 0.3 is 0 Å². The smallest absolute Gasteiger partial charge is 0.261 e. The van der Waals surface area contributed by atoms with E-state index >= 15 is 0 Å². The maximum absolute atomic E-state index is 13.2. The first-order valence-electron chi connectivity index (χ1n) is 9.60. The van der Waals surface area contributed by atoms with Crippen LogP contribution in [0.15, 0.2) is 67.0 Å². The molecule has 4 rings (SSSR count). The molecule has 0 fully saturated rings. The van der Waals surface area contributed by atoms with Gasteiger partial charge in [0.15, 0.2) is 0 Å². The van der Waals surface area contributed by atoms with Gasteiger partial charge < -0.3 is 10.2 Å². The number of aromatic nitrogens is 1. The summed E-state index contributed by atoms with van der Waals surface area (Å²) in [4.78, 5) is 19.1. The predicted octanol–water partition coefficient (Wildman–Crippen LogP) is 5.15. The third kappa shape index (κ3) is 3.50. The first-order valence-corrected chi connectivity index (χ1v) is 9.60. The van der Waals surface area contributed by atoms with Crippen molar-refractivity contribution in [3.8, 4) is 0 Å². The number of hydrogen-bond acceptors (Lipinski definition) is 3. The average Bonchev–Trinajstić information content (AvgIpc) is 3.04. The van der Waals surface area contributed by atoms with Gasteiger partial charge in [0.05, 0.1) is 12.1 Å². The fourth-order valence-corrected chi connectivity index (χ4v) is 3.56. The maximum Gasteiger partial charge on any atom is 0.261 e. The zero-order chi connectivity index (χ0) is 19.7. The standard InChI is InChI=1S/C24H25N3O/c1-24(2,3)19-7-9-20(10-8-19)27-16-18-5-4-6-21(22(18)23(27)28)26-15-17-11-13-25-14-12-17/h4-14,26H,15-16H2,1-3H3. The van der Waals surface area contributed by atoms with E-state index in [1.807, 2.05) is 35.2 Å². The van der Waals surface area contributed by atoms with E-state index in [-0.39, 0.29) is 11.3 Å². The Morgan fingerprint density at radius 1 is 1.00 bits per heavy atom. The summed E-state index contributed by atoms with van der Waals surface area (Å²) >= 11 is 0. The van der Waals surface area contributed by atoms with Gasteiger partial charge in [-0.05, 0) is 52.4 Å². The van der Waals surface area contributed by atoms with Gasteiger partial charge in [0.2, 0.25) is 0 Å². The van der Waals surface area contributed by atoms with Gasteiger partial charge in [-0.2, -0.15) is 0 Å². The van der Waals surface area contributed by atoms with Crippen LogP contribution < -0.4 is 10.2 Å². The van der Waals surface area contributed by atoms with E-state index in [1.165, 1.54) is 5.56 Å². The zero-order valence-corrected chi connectivity index (χ0v) is 16.6. The molecule has 0 spiro atoms. The fraction of sp³-hybridized carbons (Fsp3) is 0.250. The lowest BCUT2D eigenvalue weighted by Gasteiger charge is -2.21. The molecule has 2 heterocycles. The molecule has 1 N–H and O–H groups in total. The van der Waals surface area contributed by atoms with Crippen LogP contribution >= 0.6 is 0 Å². The first kappa shape index (κ1) is 18.2. The zero-order valence-electron chi connectivity index (χ0n) is 16.6. The Labute approximate surface area is 166 Å². The van der Waals surface area contributed by atoms with Gasteiger partial charge in [-0.25, -0.2) is 0 Å². The van der Waals surface area contributed by atoms with E-state index < -0.39 is 0 Å². The van der Waals surface area contributed by atoms with Crippen molar-refractivity contribution in [2.24, 2.45) is 0 Å². The van der Waals surface area contributed by atoms with Crippen molar-refractivity contribution >= 4 is 17.3 Å². The fourth-order valence-electron chi connectivity index (χ4n) is 3.56. The summed E-state index contributed by atoms with van der Waals surface area (Å²) in [5, 5.41) is 3.42. The van der Waals surface area contributed by atoms with Crippen LogP contribution in [-0.4, -0.2) is 10.9 Å². The summed E-state index contributed by atoms with van der Waals surface area (Å²) in [6.45, 7) is 7.85. The number of fused-ring (bicyclic) bond motifs is 1. The lowest BCUT2D eigenvalue weighted by molar-refractivity contribution is 0.0997. The third-order valence-electron chi connectivity index (χ3n) is 5.22. The summed E-state index contributed by atoms with van der Waals surface area (Å²) in [5.41, 5.74) is 6.15. The van der Waals surface area contributed by atoms with Crippen molar-refractivity contribution in [3.05, 3.63) is 89.2 Å². The summed E-state index contributed by atoms with van der Waals surface area (Å²) in [6.07, 6.45) is 3.56. The monoisotopic (exact) mass is 371 g/mol. The van der Waals surface area contributed by atoms with E-state index in [2.05, 4.69) is 55.3 Å². The quantitative estimate of drug-likeness (QED) is 0.690. The highest BCUT2D eigenvalue weighted by Gasteiger charge is 2.31. The van der Waals surface area contributed by atoms with Crippen molar-refractivity contribution in [1.29, 1.82) is 0 Å². The minimum Gasteiger partial charge on any atom is -0.380 e. The number of hydrogen-bond donors (Lipinski definition) is 1. The Balaban J connectivity index is 1.57. The van der Waals surface area contributed by atoms with Gasteiger partial charge in [-0.15, -0.1) is 0 Å². The van der Waals surface area contributed by atoms with Crippen molar-refractivity contribution in [1.82, 2.24) is 4.98 Å². The van der Waals surface area contributed by atoms with Crippen molar-refractivity contribution in [3.63, 3.8) is 0 Å². The molecule has 1 aliphatic heterocycles. The number of anilines is 2. The second kappa shape index (κ2) is 7.12. The van der Waals surface area contributed by atoms with E-state index in [1.54, 1.807) is 12.4 Å². The van der Waals surface area contributed by atoms with Crippen LogP contribution in [-0.2, 0) is 18.5 Å². The van der Waals surface area contributed by atoms with Gasteiger partial charge in [-0.1, -0.05) is 45.0 Å². The van der Waals surface area contributed by atoms with Crippen molar-refractivity contribution in [2.75, 3.05) is 10.2 Å². The predicted molar refractivity (Wildman–Crippen MR) is 114 cm³/mol. The van der Waals surface area contributed by atoms with Crippen LogP contribution in [0.1, 0.15) is 47.8 Å². The molecule has 0 bridgehead atoms. The molecule has 2 aromatic carbocycles. The highest BCUT2D eigenvalue weighted by atomic mass is 16.2. The SMILES string of the molecule is CC(C)(C)c1ccc(N2Cc3cccc(NCc4ccncc4)c3C2=O)cc1. The van der Waals surface area contributed by atoms with Gasteiger partial charge in [0.1, 0.15) is 0 Å². The molecule has 0 radical (unpaired) electrons. The summed E-state index contributed by atoms with van der Waals surface area (Å²) in [7, 11) is 0. The minimum absolute atomic E-state index is 0.0522. The van der Waals surface area contributed by atoms with Crippen LogP contribution in [0.5, 0.6) is 0 Å². The second-order valence-electron chi connectivity index (χ2n) is 8.24. The Morgan fingerprint density at radius 2 is 1.71 bits per heavy atom. The summed E-state index contributed by atoms with van der Waals surface area (Å²) in [6, 6.07) is 18.3. The van der Waals surface area contributed by atoms with Crippen LogP contribution in [0.2, 0.25) is 0 Å². The normalized spacial score (nSPS) is 13.5. The van der Waals surface area contributed by atoms with Gasteiger partial charge in [-0.3, -0.25) is 9.78 Å². The first-order chi connectivity index (χ1) is 13.4. The largest absolute Gasteiger partial charge is 0.380 e. The molecule has 0 unspecified atom stereocenters. The van der Waals surface area contributed by atoms with Crippen molar-refractivity contribution in [2.45, 2.75) is 39.3 Å². The molecule has 1 aliphatic rings. The number of carbonyl (C=O) groups excluding carboxylic acids is 1. The maximum atomic E-state index is 13.2. The highest BCUT2D eigenvalue weighted by Crippen LogP contribution is 2.34. The molecule has 0 aliphatic carbocycles. The number of nitrogens with zero attached hydrogens (tertiary/aromatic N) is 2. The third-order valence-corrected chi connectivity index (χ3v) is 5.22. The lowest BCUT2D eigenvalue weighted by Crippen LogP contribution is -2.23. The molecular weight excluding hydrogens is 346 g/mol.